The van der Waals surface area contributed by atoms with Crippen molar-refractivity contribution < 1.29 is 14.3 Å². The molecule has 1 aromatic heterocycles. The van der Waals surface area contributed by atoms with Gasteiger partial charge in [0.1, 0.15) is 20.3 Å². The number of nitrogens with zero attached hydrogens (tertiary/aromatic N) is 2. The summed E-state index contributed by atoms with van der Waals surface area (Å²) in [4.78, 5) is 27.9. The van der Waals surface area contributed by atoms with Crippen LogP contribution >= 0.6 is 0 Å². The highest BCUT2D eigenvalue weighted by Crippen LogP contribution is 2.23. The fourth-order valence-electron chi connectivity index (χ4n) is 2.71. The lowest BCUT2D eigenvalue weighted by molar-refractivity contribution is -0.142. The van der Waals surface area contributed by atoms with E-state index in [4.69, 9.17) is 12.6 Å². The van der Waals surface area contributed by atoms with Gasteiger partial charge < -0.3 is 4.74 Å². The Bertz CT molecular complexity index is 908. The smallest absolute Gasteiger partial charge is 0.302 e. The number of hydrazine groups is 1. The highest BCUT2D eigenvalue weighted by atomic mass is 16.5. The highest BCUT2D eigenvalue weighted by molar-refractivity contribution is 6.33. The predicted octanol–water partition coefficient (Wildman–Crippen LogP) is 1.60. The van der Waals surface area contributed by atoms with Crippen molar-refractivity contribution in [3.63, 3.8) is 0 Å². The minimum Gasteiger partial charge on any atom is -0.461 e. The first-order chi connectivity index (χ1) is 11.8. The molecule has 1 aliphatic heterocycles. The van der Waals surface area contributed by atoms with Gasteiger partial charge in [-0.2, -0.15) is 0 Å². The summed E-state index contributed by atoms with van der Waals surface area (Å²) in [5.74, 6) is 0.0599. The van der Waals surface area contributed by atoms with E-state index in [2.05, 4.69) is 10.4 Å². The number of carbonyl (C=O) groups is 2. The van der Waals surface area contributed by atoms with Crippen molar-refractivity contribution >= 4 is 41.9 Å². The van der Waals surface area contributed by atoms with Crippen LogP contribution in [0.2, 0.25) is 0 Å². The first-order valence-corrected chi connectivity index (χ1v) is 7.92. The van der Waals surface area contributed by atoms with Crippen LogP contribution in [-0.2, 0) is 20.9 Å². The molecule has 3 rings (SSSR count). The number of carbonyl (C=O) groups excluding carboxylic acids is 2. The second kappa shape index (κ2) is 6.59. The van der Waals surface area contributed by atoms with Crippen LogP contribution in [0.25, 0.3) is 10.9 Å². The molecule has 2 aromatic rings. The van der Waals surface area contributed by atoms with Gasteiger partial charge in [0, 0.05) is 23.4 Å². The second-order valence-electron chi connectivity index (χ2n) is 6.13. The summed E-state index contributed by atoms with van der Waals surface area (Å²) in [5.41, 5.74) is 6.83. The van der Waals surface area contributed by atoms with Crippen molar-refractivity contribution in [2.45, 2.75) is 27.4 Å². The maximum Gasteiger partial charge on any atom is 0.302 e. The first-order valence-electron chi connectivity index (χ1n) is 7.92. The molecule has 0 fully saturated rings. The van der Waals surface area contributed by atoms with Gasteiger partial charge in [0.05, 0.1) is 12.1 Å². The zero-order valence-electron chi connectivity index (χ0n) is 14.4. The third-order valence-corrected chi connectivity index (χ3v) is 4.20. The number of hydrogen-bond acceptors (Lipinski definition) is 5. The van der Waals surface area contributed by atoms with Gasteiger partial charge in [-0.3, -0.25) is 15.0 Å². The Morgan fingerprint density at radius 3 is 2.76 bits per heavy atom. The number of rotatable bonds is 4. The number of hydrogen-bond donors (Lipinski definition) is 1. The lowest BCUT2D eigenvalue weighted by Crippen LogP contribution is -2.33. The number of aromatic nitrogens is 1. The van der Waals surface area contributed by atoms with Crippen LogP contribution in [0.15, 0.2) is 35.4 Å². The van der Waals surface area contributed by atoms with Crippen LogP contribution in [0.4, 0.5) is 5.82 Å². The Kier molecular flexibility index (Phi) is 4.48. The van der Waals surface area contributed by atoms with Gasteiger partial charge in [0.2, 0.25) is 0 Å². The van der Waals surface area contributed by atoms with E-state index in [1.807, 2.05) is 13.0 Å². The van der Waals surface area contributed by atoms with Gasteiger partial charge in [-0.1, -0.05) is 17.6 Å². The molecular weight excluding hydrogens is 317 g/mol. The number of benzene rings is 1. The molecular formula is C18H18BN3O3. The Balaban J connectivity index is 1.95. The monoisotopic (exact) mass is 335 g/mol. The van der Waals surface area contributed by atoms with E-state index in [-0.39, 0.29) is 18.5 Å². The molecule has 0 bridgehead atoms. The van der Waals surface area contributed by atoms with Gasteiger partial charge in [0.15, 0.2) is 0 Å². The molecule has 0 saturated heterocycles. The van der Waals surface area contributed by atoms with Crippen molar-refractivity contribution in [3.8, 4) is 0 Å². The molecule has 126 valence electrons. The SMILES string of the molecule is [B]c1ccc2c(COC(C)=O)cc(NN3CC(C)=C(C)C3=O)nc2c1. The minimum atomic E-state index is -0.361. The Labute approximate surface area is 147 Å². The van der Waals surface area contributed by atoms with E-state index in [9.17, 15) is 9.59 Å². The summed E-state index contributed by atoms with van der Waals surface area (Å²) in [6, 6.07) is 7.14. The van der Waals surface area contributed by atoms with Crippen molar-refractivity contribution in [3.05, 3.63) is 41.0 Å². The summed E-state index contributed by atoms with van der Waals surface area (Å²) >= 11 is 0. The van der Waals surface area contributed by atoms with E-state index in [0.717, 1.165) is 22.1 Å². The van der Waals surface area contributed by atoms with Gasteiger partial charge in [0.25, 0.3) is 5.91 Å². The molecule has 0 atom stereocenters. The Hall–Kier alpha value is -2.83. The summed E-state index contributed by atoms with van der Waals surface area (Å²) < 4.78 is 5.13. The van der Waals surface area contributed by atoms with Crippen molar-refractivity contribution in [1.29, 1.82) is 0 Å². The molecule has 6 nitrogen and oxygen atoms in total. The van der Waals surface area contributed by atoms with Gasteiger partial charge >= 0.3 is 5.97 Å². The van der Waals surface area contributed by atoms with Crippen molar-refractivity contribution in [1.82, 2.24) is 9.99 Å². The lowest BCUT2D eigenvalue weighted by atomic mass is 9.94. The number of esters is 1. The molecule has 0 saturated carbocycles. The quantitative estimate of drug-likeness (QED) is 0.679. The molecule has 1 N–H and O–H groups in total. The Morgan fingerprint density at radius 2 is 2.12 bits per heavy atom. The molecule has 0 spiro atoms. The number of pyridine rings is 1. The van der Waals surface area contributed by atoms with Crippen LogP contribution in [0.5, 0.6) is 0 Å². The molecule has 1 amide bonds. The van der Waals surface area contributed by atoms with E-state index in [1.54, 1.807) is 25.1 Å². The van der Waals surface area contributed by atoms with E-state index in [1.165, 1.54) is 11.9 Å². The van der Waals surface area contributed by atoms with Crippen LogP contribution in [0, 0.1) is 0 Å². The average molecular weight is 335 g/mol. The van der Waals surface area contributed by atoms with Crippen LogP contribution in [-0.4, -0.2) is 36.3 Å². The molecule has 7 heteroatoms. The predicted molar refractivity (Wildman–Crippen MR) is 96.3 cm³/mol. The molecule has 2 heterocycles. The summed E-state index contributed by atoms with van der Waals surface area (Å²) in [6.07, 6.45) is 0. The first kappa shape index (κ1) is 17.0. The number of ether oxygens (including phenoxy) is 1. The Morgan fingerprint density at radius 1 is 1.36 bits per heavy atom. The van der Waals surface area contributed by atoms with Crippen molar-refractivity contribution in [2.75, 3.05) is 12.0 Å². The maximum absolute atomic E-state index is 12.2. The third kappa shape index (κ3) is 3.50. The topological polar surface area (TPSA) is 71.5 Å². The molecule has 0 unspecified atom stereocenters. The van der Waals surface area contributed by atoms with Crippen LogP contribution in [0.1, 0.15) is 26.3 Å². The normalized spacial score (nSPS) is 14.4. The molecule has 0 aliphatic carbocycles. The molecule has 2 radical (unpaired) electrons. The molecule has 1 aromatic carbocycles. The second-order valence-corrected chi connectivity index (χ2v) is 6.13. The van der Waals surface area contributed by atoms with Gasteiger partial charge in [-0.15, -0.1) is 0 Å². The van der Waals surface area contributed by atoms with E-state index in [0.29, 0.717) is 23.3 Å². The standard InChI is InChI=1S/C18H18BN3O3/c1-10-8-22(18(24)11(10)2)21-17-6-13(9-25-12(3)23)15-5-4-14(19)7-16(15)20-17/h4-7H,8-9H2,1-3H3,(H,20,21). The third-order valence-electron chi connectivity index (χ3n) is 4.20. The van der Waals surface area contributed by atoms with Gasteiger partial charge in [-0.25, -0.2) is 9.99 Å². The minimum absolute atomic E-state index is 0.0755. The molecule has 1 aliphatic rings. The number of fused-ring (bicyclic) bond motifs is 1. The van der Waals surface area contributed by atoms with Crippen LogP contribution < -0.4 is 10.9 Å². The summed E-state index contributed by atoms with van der Waals surface area (Å²) in [7, 11) is 5.85. The highest BCUT2D eigenvalue weighted by Gasteiger charge is 2.25. The maximum atomic E-state index is 12.2. The van der Waals surface area contributed by atoms with Gasteiger partial charge in [-0.05, 0) is 31.6 Å². The van der Waals surface area contributed by atoms with E-state index < -0.39 is 0 Å². The molecule has 25 heavy (non-hydrogen) atoms. The van der Waals surface area contributed by atoms with E-state index >= 15 is 0 Å². The zero-order chi connectivity index (χ0) is 18.1. The average Bonchev–Trinajstić information content (AvgIpc) is 2.79. The fraction of sp³-hybridized carbons (Fsp3) is 0.278. The summed E-state index contributed by atoms with van der Waals surface area (Å²) in [5, 5.41) is 2.36. The fourth-order valence-corrected chi connectivity index (χ4v) is 2.71. The number of anilines is 1. The van der Waals surface area contributed by atoms with Crippen LogP contribution in [0.3, 0.4) is 0 Å². The number of amides is 1. The largest absolute Gasteiger partial charge is 0.461 e. The number of nitrogens with one attached hydrogen (secondary N) is 1. The summed E-state index contributed by atoms with van der Waals surface area (Å²) in [6.45, 7) is 5.72. The zero-order valence-corrected chi connectivity index (χ0v) is 14.4. The lowest BCUT2D eigenvalue weighted by Gasteiger charge is -2.20. The van der Waals surface area contributed by atoms with Crippen molar-refractivity contribution in [2.24, 2.45) is 0 Å².